The summed E-state index contributed by atoms with van der Waals surface area (Å²) >= 11 is 0. The molecule has 2 heteroatoms. The molecule has 0 rings (SSSR count). The van der Waals surface area contributed by atoms with Gasteiger partial charge in [-0.05, 0) is 20.3 Å². The average Bonchev–Trinajstić information content (AvgIpc) is 1.87. The van der Waals surface area contributed by atoms with Gasteiger partial charge in [0.2, 0.25) is 0 Å². The molecule has 0 aliphatic carbocycles. The van der Waals surface area contributed by atoms with E-state index in [0.29, 0.717) is 12.0 Å². The largest absolute Gasteiger partial charge is 0.478 e. The number of carboxylic acids is 1. The van der Waals surface area contributed by atoms with Crippen molar-refractivity contribution in [3.8, 4) is 0 Å². The van der Waals surface area contributed by atoms with Gasteiger partial charge in [-0.2, -0.15) is 0 Å². The van der Waals surface area contributed by atoms with Gasteiger partial charge in [-0.25, -0.2) is 4.79 Å². The third kappa shape index (κ3) is 2.49. The zero-order valence-electron chi connectivity index (χ0n) is 6.35. The van der Waals surface area contributed by atoms with Gasteiger partial charge in [-0.1, -0.05) is 11.6 Å². The molecule has 0 atom stereocenters. The van der Waals surface area contributed by atoms with E-state index in [-0.39, 0.29) is 0 Å². The summed E-state index contributed by atoms with van der Waals surface area (Å²) in [6.45, 7) is 6.91. The topological polar surface area (TPSA) is 37.3 Å². The normalized spacial score (nSPS) is 12.2. The summed E-state index contributed by atoms with van der Waals surface area (Å²) in [7, 11) is 0. The van der Waals surface area contributed by atoms with Gasteiger partial charge < -0.3 is 5.11 Å². The standard InChI is InChI=1S/C8H12O2/c1-4-5-6(2)7(3)8(9)10/h4H,1,5H2,2-3H3,(H,9,10). The van der Waals surface area contributed by atoms with Crippen LogP contribution in [0.1, 0.15) is 20.3 Å². The van der Waals surface area contributed by atoms with E-state index in [4.69, 9.17) is 5.11 Å². The fourth-order valence-corrected chi connectivity index (χ4v) is 0.552. The van der Waals surface area contributed by atoms with Gasteiger partial charge in [0, 0.05) is 5.57 Å². The van der Waals surface area contributed by atoms with Crippen LogP contribution in [0.4, 0.5) is 0 Å². The van der Waals surface area contributed by atoms with Crippen molar-refractivity contribution in [1.29, 1.82) is 0 Å². The molecule has 2 nitrogen and oxygen atoms in total. The van der Waals surface area contributed by atoms with Gasteiger partial charge in [0.05, 0.1) is 0 Å². The van der Waals surface area contributed by atoms with Crippen LogP contribution in [0, 0.1) is 0 Å². The van der Waals surface area contributed by atoms with Crippen molar-refractivity contribution >= 4 is 5.97 Å². The first-order valence-corrected chi connectivity index (χ1v) is 3.10. The lowest BCUT2D eigenvalue weighted by atomic mass is 10.1. The highest BCUT2D eigenvalue weighted by atomic mass is 16.4. The second kappa shape index (κ2) is 3.88. The summed E-state index contributed by atoms with van der Waals surface area (Å²) in [5.74, 6) is -0.848. The van der Waals surface area contributed by atoms with Gasteiger partial charge >= 0.3 is 5.97 Å². The Morgan fingerprint density at radius 3 is 2.40 bits per heavy atom. The van der Waals surface area contributed by atoms with Crippen molar-refractivity contribution in [2.24, 2.45) is 0 Å². The SMILES string of the molecule is C=CCC(C)=C(C)C(=O)O. The first-order chi connectivity index (χ1) is 4.59. The van der Waals surface area contributed by atoms with Crippen LogP contribution >= 0.6 is 0 Å². The first-order valence-electron chi connectivity index (χ1n) is 3.10. The number of carbonyl (C=O) groups is 1. The number of aliphatic carboxylic acids is 1. The van der Waals surface area contributed by atoms with E-state index in [1.807, 2.05) is 0 Å². The lowest BCUT2D eigenvalue weighted by Crippen LogP contribution is -1.98. The zero-order valence-corrected chi connectivity index (χ0v) is 6.35. The molecule has 1 N–H and O–H groups in total. The fraction of sp³-hybridized carbons (Fsp3) is 0.375. The Hall–Kier alpha value is -1.05. The van der Waals surface area contributed by atoms with Gasteiger partial charge in [-0.15, -0.1) is 6.58 Å². The maximum absolute atomic E-state index is 10.3. The van der Waals surface area contributed by atoms with Gasteiger partial charge in [0.15, 0.2) is 0 Å². The summed E-state index contributed by atoms with van der Waals surface area (Å²) in [4.78, 5) is 10.3. The summed E-state index contributed by atoms with van der Waals surface area (Å²) < 4.78 is 0. The van der Waals surface area contributed by atoms with E-state index in [9.17, 15) is 4.79 Å². The molecule has 0 saturated carbocycles. The molecule has 0 aromatic carbocycles. The molecule has 0 aliphatic rings. The fourth-order valence-electron chi connectivity index (χ4n) is 0.552. The summed E-state index contributed by atoms with van der Waals surface area (Å²) in [5, 5.41) is 8.49. The van der Waals surface area contributed by atoms with Crippen LogP contribution in [0.2, 0.25) is 0 Å². The van der Waals surface area contributed by atoms with Gasteiger partial charge in [-0.3, -0.25) is 0 Å². The number of hydrogen-bond donors (Lipinski definition) is 1. The lowest BCUT2D eigenvalue weighted by Gasteiger charge is -1.98. The Morgan fingerprint density at radius 1 is 1.60 bits per heavy atom. The smallest absolute Gasteiger partial charge is 0.331 e. The molecule has 0 fully saturated rings. The molecule has 56 valence electrons. The summed E-state index contributed by atoms with van der Waals surface area (Å²) in [6.07, 6.45) is 2.35. The van der Waals surface area contributed by atoms with E-state index in [1.165, 1.54) is 0 Å². The maximum atomic E-state index is 10.3. The molecule has 0 aromatic heterocycles. The summed E-state index contributed by atoms with van der Waals surface area (Å²) in [6, 6.07) is 0. The lowest BCUT2D eigenvalue weighted by molar-refractivity contribution is -0.132. The number of rotatable bonds is 3. The molecule has 0 spiro atoms. The molecule has 0 aromatic rings. The molecule has 0 aliphatic heterocycles. The minimum absolute atomic E-state index is 0.417. The van der Waals surface area contributed by atoms with Gasteiger partial charge in [0.1, 0.15) is 0 Å². The minimum Gasteiger partial charge on any atom is -0.478 e. The zero-order chi connectivity index (χ0) is 8.15. The van der Waals surface area contributed by atoms with Crippen LogP contribution < -0.4 is 0 Å². The molecule has 0 amide bonds. The highest BCUT2D eigenvalue weighted by Crippen LogP contribution is 2.07. The third-order valence-electron chi connectivity index (χ3n) is 1.41. The van der Waals surface area contributed by atoms with E-state index < -0.39 is 5.97 Å². The van der Waals surface area contributed by atoms with E-state index >= 15 is 0 Å². The van der Waals surface area contributed by atoms with Crippen molar-refractivity contribution in [1.82, 2.24) is 0 Å². The Labute approximate surface area is 60.9 Å². The highest BCUT2D eigenvalue weighted by Gasteiger charge is 2.02. The van der Waals surface area contributed by atoms with Crippen molar-refractivity contribution < 1.29 is 9.90 Å². The molecule has 0 bridgehead atoms. The molecular formula is C8H12O2. The van der Waals surface area contributed by atoms with Crippen LogP contribution in [-0.4, -0.2) is 11.1 Å². The molecule has 0 heterocycles. The van der Waals surface area contributed by atoms with Crippen LogP contribution in [0.3, 0.4) is 0 Å². The van der Waals surface area contributed by atoms with Crippen molar-refractivity contribution in [3.63, 3.8) is 0 Å². The monoisotopic (exact) mass is 140 g/mol. The van der Waals surface area contributed by atoms with Gasteiger partial charge in [0.25, 0.3) is 0 Å². The Morgan fingerprint density at radius 2 is 2.10 bits per heavy atom. The Kier molecular flexibility index (Phi) is 3.47. The predicted molar refractivity (Wildman–Crippen MR) is 40.8 cm³/mol. The Bertz CT molecular complexity index is 178. The highest BCUT2D eigenvalue weighted by molar-refractivity contribution is 5.86. The number of hydrogen-bond acceptors (Lipinski definition) is 1. The van der Waals surface area contributed by atoms with Crippen LogP contribution in [0.5, 0.6) is 0 Å². The summed E-state index contributed by atoms with van der Waals surface area (Å²) in [5.41, 5.74) is 1.28. The minimum atomic E-state index is -0.848. The second-order valence-electron chi connectivity index (χ2n) is 2.20. The van der Waals surface area contributed by atoms with Crippen molar-refractivity contribution in [2.45, 2.75) is 20.3 Å². The maximum Gasteiger partial charge on any atom is 0.331 e. The van der Waals surface area contributed by atoms with Crippen LogP contribution in [-0.2, 0) is 4.79 Å². The molecule has 0 unspecified atom stereocenters. The number of allylic oxidation sites excluding steroid dienone is 2. The predicted octanol–water partition coefficient (Wildman–Crippen LogP) is 1.98. The van der Waals surface area contributed by atoms with Crippen molar-refractivity contribution in [3.05, 3.63) is 23.8 Å². The average molecular weight is 140 g/mol. The van der Waals surface area contributed by atoms with Crippen molar-refractivity contribution in [2.75, 3.05) is 0 Å². The first kappa shape index (κ1) is 8.95. The van der Waals surface area contributed by atoms with E-state index in [1.54, 1.807) is 19.9 Å². The Balaban J connectivity index is 4.33. The molecule has 0 radical (unpaired) electrons. The van der Waals surface area contributed by atoms with Crippen LogP contribution in [0.15, 0.2) is 23.8 Å². The number of carboxylic acid groups (broad SMARTS) is 1. The van der Waals surface area contributed by atoms with E-state index in [0.717, 1.165) is 5.57 Å². The molecular weight excluding hydrogens is 128 g/mol. The molecule has 10 heavy (non-hydrogen) atoms. The third-order valence-corrected chi connectivity index (χ3v) is 1.41. The van der Waals surface area contributed by atoms with E-state index in [2.05, 4.69) is 6.58 Å². The quantitative estimate of drug-likeness (QED) is 0.480. The second-order valence-corrected chi connectivity index (χ2v) is 2.20. The molecule has 0 saturated heterocycles. The van der Waals surface area contributed by atoms with Crippen LogP contribution in [0.25, 0.3) is 0 Å².